The van der Waals surface area contributed by atoms with Crippen LogP contribution in [0.4, 0.5) is 0 Å². The van der Waals surface area contributed by atoms with Gasteiger partial charge in [0.1, 0.15) is 17.2 Å². The highest BCUT2D eigenvalue weighted by molar-refractivity contribution is 6.29. The van der Waals surface area contributed by atoms with Crippen LogP contribution < -0.4 is 15.6 Å². The van der Waals surface area contributed by atoms with E-state index in [1.54, 1.807) is 37.4 Å². The molecule has 2 atom stereocenters. The molecule has 10 rings (SSSR count). The summed E-state index contributed by atoms with van der Waals surface area (Å²) in [5, 5.41) is 26.4. The number of nitrogens with zero attached hydrogens (tertiary/aromatic N) is 8. The van der Waals surface area contributed by atoms with Gasteiger partial charge in [-0.3, -0.25) is 19.2 Å². The van der Waals surface area contributed by atoms with E-state index in [1.807, 2.05) is 38.1 Å². The summed E-state index contributed by atoms with van der Waals surface area (Å²) >= 11 is 5.89. The molecular formula is C53H65ClN8O8. The Labute approximate surface area is 413 Å². The Bertz CT molecular complexity index is 2910. The number of aromatic nitrogens is 6. The third-order valence-electron chi connectivity index (χ3n) is 13.3. The summed E-state index contributed by atoms with van der Waals surface area (Å²) in [7, 11) is 0. The summed E-state index contributed by atoms with van der Waals surface area (Å²) in [6.07, 6.45) is 6.21. The molecule has 4 aliphatic rings. The highest BCUT2D eigenvalue weighted by atomic mass is 35.5. The number of carbonyl (C=O) groups is 2. The van der Waals surface area contributed by atoms with Crippen molar-refractivity contribution in [3.63, 3.8) is 0 Å². The van der Waals surface area contributed by atoms with Crippen molar-refractivity contribution in [1.29, 1.82) is 0 Å². The number of aliphatic hydroxyl groups excluding tert-OH is 1. The number of halogens is 1. The molecule has 0 radical (unpaired) electrons. The molecule has 70 heavy (non-hydrogen) atoms. The van der Waals surface area contributed by atoms with Gasteiger partial charge in [0, 0.05) is 70.6 Å². The van der Waals surface area contributed by atoms with Gasteiger partial charge in [-0.1, -0.05) is 95.3 Å². The Hall–Kier alpha value is -6.07. The first-order valence-electron chi connectivity index (χ1n) is 24.0. The second kappa shape index (κ2) is 22.8. The van der Waals surface area contributed by atoms with Crippen molar-refractivity contribution in [2.45, 2.75) is 112 Å². The topological polar surface area (TPSA) is 184 Å². The summed E-state index contributed by atoms with van der Waals surface area (Å²) in [6, 6.07) is 19.6. The lowest BCUT2D eigenvalue weighted by atomic mass is 10.0. The van der Waals surface area contributed by atoms with Crippen LogP contribution in [0.1, 0.15) is 91.9 Å². The van der Waals surface area contributed by atoms with Crippen molar-refractivity contribution in [2.24, 2.45) is 11.8 Å². The Kier molecular flexibility index (Phi) is 16.8. The van der Waals surface area contributed by atoms with E-state index < -0.39 is 0 Å². The average molecular weight is 978 g/mol. The molecule has 2 aliphatic heterocycles. The van der Waals surface area contributed by atoms with Crippen LogP contribution in [0.15, 0.2) is 82.6 Å². The van der Waals surface area contributed by atoms with Gasteiger partial charge in [-0.05, 0) is 66.8 Å². The number of morpholine rings is 2. The molecule has 372 valence electrons. The molecule has 0 bridgehead atoms. The minimum atomic E-state index is -0.367. The molecule has 2 aliphatic carbocycles. The molecule has 0 spiro atoms. The molecule has 16 nitrogen and oxygen atoms in total. The zero-order valence-corrected chi connectivity index (χ0v) is 40.9. The second-order valence-electron chi connectivity index (χ2n) is 18.7. The van der Waals surface area contributed by atoms with Gasteiger partial charge in [-0.2, -0.15) is 0 Å². The number of fused-ring (bicyclic) bond motifs is 4. The minimum absolute atomic E-state index is 0. The van der Waals surface area contributed by atoms with Crippen LogP contribution in [0.3, 0.4) is 0 Å². The van der Waals surface area contributed by atoms with E-state index in [0.717, 1.165) is 25.7 Å². The molecule has 0 unspecified atom stereocenters. The van der Waals surface area contributed by atoms with E-state index in [9.17, 15) is 24.3 Å². The Morgan fingerprint density at radius 2 is 1.11 bits per heavy atom. The first kappa shape index (κ1) is 51.8. The lowest BCUT2D eigenvalue weighted by molar-refractivity contribution is -0.0421. The number of aliphatic hydroxyl groups is 1. The van der Waals surface area contributed by atoms with Gasteiger partial charge in [-0.15, -0.1) is 20.4 Å². The van der Waals surface area contributed by atoms with Crippen molar-refractivity contribution in [2.75, 3.05) is 39.4 Å². The highest BCUT2D eigenvalue weighted by Crippen LogP contribution is 2.27. The first-order chi connectivity index (χ1) is 33.2. The molecule has 6 aromatic rings. The fourth-order valence-electron chi connectivity index (χ4n) is 9.35. The van der Waals surface area contributed by atoms with Crippen molar-refractivity contribution in [1.82, 2.24) is 39.3 Å². The van der Waals surface area contributed by atoms with Crippen molar-refractivity contribution < 1.29 is 28.9 Å². The Morgan fingerprint density at radius 3 is 1.56 bits per heavy atom. The third kappa shape index (κ3) is 11.4. The molecule has 4 aromatic heterocycles. The number of carbonyl (C=O) groups excluding carboxylic acids is 2. The number of rotatable bonds is 8. The largest absolute Gasteiger partial charge is 0.473 e. The van der Waals surface area contributed by atoms with Crippen LogP contribution in [-0.4, -0.2) is 120 Å². The normalized spacial score (nSPS) is 17.9. The molecule has 6 heterocycles. The third-order valence-corrected chi connectivity index (χ3v) is 13.5. The van der Waals surface area contributed by atoms with Crippen LogP contribution in [0, 0.1) is 11.8 Å². The van der Waals surface area contributed by atoms with Crippen molar-refractivity contribution in [3.05, 3.63) is 132 Å². The van der Waals surface area contributed by atoms with Crippen molar-refractivity contribution >= 4 is 45.5 Å². The molecule has 0 saturated carbocycles. The van der Waals surface area contributed by atoms with Crippen LogP contribution >= 0.6 is 11.6 Å². The minimum Gasteiger partial charge on any atom is -0.473 e. The number of hydrogen-bond donors (Lipinski definition) is 1. The molecule has 1 N–H and O–H groups in total. The summed E-state index contributed by atoms with van der Waals surface area (Å²) in [4.78, 5) is 56.0. The van der Waals surface area contributed by atoms with Crippen molar-refractivity contribution in [3.8, 4) is 5.88 Å². The number of hydrogen-bond acceptors (Lipinski definition) is 12. The van der Waals surface area contributed by atoms with E-state index in [4.69, 9.17) is 25.8 Å². The summed E-state index contributed by atoms with van der Waals surface area (Å²) in [5.74, 6) is 0.343. The standard InChI is InChI=1S/C26H30N4O4.C17H21ClN4O3.C9H10O.CH4/c1-4-29-14-21(26(32)30-9-10-33-22(15-30)16(2)3)24(31)20-13-23(27-28-25(20)29)34-19-11-17-7-5-6-8-18(17)12-19;1-4-21-8-12(15(23)11-7-14(18)19-20-16(11)21)17(24)22-5-6-25-13(9-22)10(2)3;10-9-5-7-3-1-2-4-8(7)6-9;/h5-8,13-14,16,19,22H,4,9-12,15H2,1-3H3;7-8,10,13H,4-6,9H2,1-3H3;1-4,9-10H,5-6H2;1H4/t22-;13-;;/m00../s1. The van der Waals surface area contributed by atoms with Gasteiger partial charge in [0.2, 0.25) is 16.7 Å². The van der Waals surface area contributed by atoms with Crippen LogP contribution in [0.25, 0.3) is 22.1 Å². The van der Waals surface area contributed by atoms with E-state index >= 15 is 0 Å². The lowest BCUT2D eigenvalue weighted by Gasteiger charge is -2.34. The van der Waals surface area contributed by atoms with Crippen LogP contribution in [0.2, 0.25) is 5.15 Å². The molecular weight excluding hydrogens is 912 g/mol. The van der Waals surface area contributed by atoms with Gasteiger partial charge >= 0.3 is 0 Å². The molecule has 17 heteroatoms. The quantitative estimate of drug-likeness (QED) is 0.173. The average Bonchev–Trinajstić information content (AvgIpc) is 3.96. The fourth-order valence-corrected chi connectivity index (χ4v) is 9.50. The SMILES string of the molecule is C.CCn1cc(C(=O)N2CCO[C@H](C(C)C)C2)c(=O)c2cc(Cl)nnc21.CCn1cc(C(=O)N2CCO[C@H](C(C)C)C2)c(=O)c2cc(OC3Cc4ccccc4C3)nnc21.OC1Cc2ccccc2C1. The predicted octanol–water partition coefficient (Wildman–Crippen LogP) is 6.60. The first-order valence-corrected chi connectivity index (χ1v) is 24.4. The lowest BCUT2D eigenvalue weighted by Crippen LogP contribution is -2.48. The number of ether oxygens (including phenoxy) is 3. The van der Waals surface area contributed by atoms with E-state index in [2.05, 4.69) is 72.4 Å². The smallest absolute Gasteiger partial charge is 0.259 e. The monoisotopic (exact) mass is 976 g/mol. The number of benzene rings is 2. The zero-order chi connectivity index (χ0) is 48.9. The second-order valence-corrected chi connectivity index (χ2v) is 19.1. The van der Waals surface area contributed by atoms with Gasteiger partial charge in [0.25, 0.3) is 11.8 Å². The van der Waals surface area contributed by atoms with Gasteiger partial charge in [0.15, 0.2) is 16.4 Å². The summed E-state index contributed by atoms with van der Waals surface area (Å²) in [6.45, 7) is 16.1. The predicted molar refractivity (Wildman–Crippen MR) is 270 cm³/mol. The molecule has 2 aromatic carbocycles. The maximum atomic E-state index is 13.4. The molecule has 2 saturated heterocycles. The number of aryl methyl sites for hydroxylation is 2. The number of pyridine rings is 2. The maximum Gasteiger partial charge on any atom is 0.259 e. The van der Waals surface area contributed by atoms with Crippen LogP contribution in [0.5, 0.6) is 5.88 Å². The molecule has 2 fully saturated rings. The summed E-state index contributed by atoms with van der Waals surface area (Å²) < 4.78 is 21.2. The maximum absolute atomic E-state index is 13.4. The summed E-state index contributed by atoms with van der Waals surface area (Å²) in [5.41, 5.74) is 5.61. The zero-order valence-electron chi connectivity index (χ0n) is 40.1. The molecule has 2 amide bonds. The van der Waals surface area contributed by atoms with E-state index in [-0.39, 0.29) is 76.7 Å². The Balaban J connectivity index is 0.000000175. The van der Waals surface area contributed by atoms with Gasteiger partial charge in [-0.25, -0.2) is 0 Å². The van der Waals surface area contributed by atoms with Crippen LogP contribution in [-0.2, 0) is 48.2 Å². The van der Waals surface area contributed by atoms with E-state index in [1.165, 1.54) is 28.3 Å². The van der Waals surface area contributed by atoms with E-state index in [0.29, 0.717) is 86.3 Å². The Morgan fingerprint density at radius 1 is 0.686 bits per heavy atom. The van der Waals surface area contributed by atoms with Gasteiger partial charge < -0.3 is 38.3 Å². The van der Waals surface area contributed by atoms with Gasteiger partial charge in [0.05, 0.1) is 42.3 Å². The fraction of sp³-hybridized carbons (Fsp3) is 0.472. The highest BCUT2D eigenvalue weighted by Gasteiger charge is 2.31. The number of amides is 2.